The molecule has 0 bridgehead atoms. The second-order valence-corrected chi connectivity index (χ2v) is 18.6. The van der Waals surface area contributed by atoms with Crippen LogP contribution < -0.4 is 0 Å². The zero-order chi connectivity index (χ0) is 41.1. The first kappa shape index (κ1) is 44.4. The van der Waals surface area contributed by atoms with Crippen molar-refractivity contribution in [3.8, 4) is 0 Å². The Labute approximate surface area is 329 Å². The smallest absolute Gasteiger partial charge is 0.187 e. The van der Waals surface area contributed by atoms with E-state index in [-0.39, 0.29) is 59.6 Å². The molecular formula is C41H68O15. The van der Waals surface area contributed by atoms with E-state index in [1.807, 2.05) is 13.8 Å². The van der Waals surface area contributed by atoms with Crippen LogP contribution >= 0.6 is 0 Å². The molecule has 0 spiro atoms. The number of fused-ring (bicyclic) bond motifs is 5. The molecule has 2 aliphatic heterocycles. The summed E-state index contributed by atoms with van der Waals surface area (Å²) in [7, 11) is 0. The highest BCUT2D eigenvalue weighted by Crippen LogP contribution is 2.65. The van der Waals surface area contributed by atoms with Crippen LogP contribution in [0.25, 0.3) is 0 Å². The average molecular weight is 801 g/mol. The van der Waals surface area contributed by atoms with E-state index in [0.29, 0.717) is 32.1 Å². The predicted octanol–water partition coefficient (Wildman–Crippen LogP) is -0.378. The summed E-state index contributed by atoms with van der Waals surface area (Å²) in [5.74, 6) is -0.643. The van der Waals surface area contributed by atoms with Gasteiger partial charge in [-0.25, -0.2) is 0 Å². The van der Waals surface area contributed by atoms with Crippen molar-refractivity contribution in [2.75, 3.05) is 19.8 Å². The Morgan fingerprint density at radius 1 is 0.821 bits per heavy atom. The molecule has 4 fully saturated rings. The maximum atomic E-state index is 12.1. The van der Waals surface area contributed by atoms with E-state index in [9.17, 15) is 56.2 Å². The normalized spacial score (nSPS) is 47.6. The maximum absolute atomic E-state index is 12.1. The van der Waals surface area contributed by atoms with Crippen molar-refractivity contribution in [3.05, 3.63) is 23.3 Å². The van der Waals surface area contributed by atoms with Crippen molar-refractivity contribution in [1.82, 2.24) is 0 Å². The van der Waals surface area contributed by atoms with E-state index in [2.05, 4.69) is 26.0 Å². The van der Waals surface area contributed by atoms with Gasteiger partial charge in [0, 0.05) is 6.61 Å². The van der Waals surface area contributed by atoms with Crippen molar-refractivity contribution in [3.63, 3.8) is 0 Å². The van der Waals surface area contributed by atoms with Crippen molar-refractivity contribution in [1.29, 1.82) is 0 Å². The molecule has 15 nitrogen and oxygen atoms in total. The molecule has 6 aliphatic rings. The van der Waals surface area contributed by atoms with E-state index in [1.165, 1.54) is 11.1 Å². The Morgan fingerprint density at radius 3 is 2.02 bits per heavy atom. The summed E-state index contributed by atoms with van der Waals surface area (Å²) < 4.78 is 23.4. The zero-order valence-electron chi connectivity index (χ0n) is 33.4. The van der Waals surface area contributed by atoms with Gasteiger partial charge in [0.25, 0.3) is 0 Å². The molecule has 11 N–H and O–H groups in total. The second kappa shape index (κ2) is 17.1. The van der Waals surface area contributed by atoms with Crippen molar-refractivity contribution in [2.45, 2.75) is 171 Å². The molecule has 15 heteroatoms. The lowest BCUT2D eigenvalue weighted by Crippen LogP contribution is -2.61. The fourth-order valence-electron chi connectivity index (χ4n) is 11.5. The predicted molar refractivity (Wildman–Crippen MR) is 199 cm³/mol. The Kier molecular flexibility index (Phi) is 13.6. The lowest BCUT2D eigenvalue weighted by Gasteiger charge is -2.54. The van der Waals surface area contributed by atoms with Crippen LogP contribution in [0.15, 0.2) is 23.3 Å². The number of allylic oxidation sites excluding steroid dienone is 4. The molecule has 0 aromatic rings. The number of hydrogen-bond donors (Lipinski definition) is 11. The fraction of sp³-hybridized carbons (Fsp3) is 0.902. The highest BCUT2D eigenvalue weighted by molar-refractivity contribution is 5.46. The standard InChI is InChI=1S/C41H68O15/c1-19(2)41(52,20(3)53-37-35(50)33(48)31(46)28(17-43)55-37)13-8-21(16-42)30-27(45)15-26-24-7-6-22-14-23(9-11-39(22,4)25(24)10-12-40(26,30)5)54-38-36(51)34(49)32(47)29(18-44)56-38/h7,10,19-23,26-38,42-52H,6,8-9,11-18H2,1-5H3/t20-,21+,22?,23+,26+,27+,28-,29-,30+,31-,32-,33+,34+,35-,36-,37-,38-,39+,40+,41-/m1/s1. The maximum Gasteiger partial charge on any atom is 0.187 e. The molecule has 0 aromatic heterocycles. The van der Waals surface area contributed by atoms with Crippen molar-refractivity contribution >= 4 is 0 Å². The molecule has 4 aliphatic carbocycles. The third-order valence-corrected chi connectivity index (χ3v) is 15.3. The summed E-state index contributed by atoms with van der Waals surface area (Å²) in [4.78, 5) is 0. The largest absolute Gasteiger partial charge is 0.396 e. The first-order valence-corrected chi connectivity index (χ1v) is 20.7. The summed E-state index contributed by atoms with van der Waals surface area (Å²) in [6.07, 6.45) is -6.32. The highest BCUT2D eigenvalue weighted by Gasteiger charge is 2.59. The van der Waals surface area contributed by atoms with Crippen LogP contribution in [-0.4, -0.2) is 161 Å². The zero-order valence-corrected chi connectivity index (χ0v) is 33.4. The Hall–Kier alpha value is -1.12. The first-order valence-electron chi connectivity index (χ1n) is 20.7. The number of ether oxygens (including phenoxy) is 4. The molecule has 0 amide bonds. The van der Waals surface area contributed by atoms with Crippen molar-refractivity contribution < 1.29 is 75.1 Å². The summed E-state index contributed by atoms with van der Waals surface area (Å²) in [5, 5.41) is 116. The minimum atomic E-state index is -1.62. The summed E-state index contributed by atoms with van der Waals surface area (Å²) in [6.45, 7) is 8.51. The van der Waals surface area contributed by atoms with Gasteiger partial charge in [0.1, 0.15) is 48.8 Å². The van der Waals surface area contributed by atoms with Crippen molar-refractivity contribution in [2.24, 2.45) is 40.4 Å². The third kappa shape index (κ3) is 7.71. The van der Waals surface area contributed by atoms with E-state index in [4.69, 9.17) is 18.9 Å². The number of rotatable bonds is 13. The van der Waals surface area contributed by atoms with Crippen LogP contribution in [0.1, 0.15) is 86.0 Å². The van der Waals surface area contributed by atoms with Gasteiger partial charge in [-0.05, 0) is 110 Å². The Bertz CT molecular complexity index is 1410. The SMILES string of the molecule is CC(C)[C@](O)(CC[C@@H](CO)[C@H]1[C@@H](O)C[C@H]2C3=CCC4C[C@@H](O[C@@H]5O[C@H](CO)[C@@H](O)[C@H](O)[C@H]5O)CC[C@]4(C)C3=CC[C@]12C)[C@@H](C)O[C@@H]1O[C@H](CO)[C@@H](O)[C@H](O)[C@H]1O. The molecule has 1 unspecified atom stereocenters. The lowest BCUT2D eigenvalue weighted by atomic mass is 9.51. The fourth-order valence-corrected chi connectivity index (χ4v) is 11.5. The molecule has 0 aromatic carbocycles. The van der Waals surface area contributed by atoms with Crippen LogP contribution in [0.5, 0.6) is 0 Å². The number of hydrogen-bond acceptors (Lipinski definition) is 15. The second-order valence-electron chi connectivity index (χ2n) is 18.6. The quantitative estimate of drug-likeness (QED) is 0.114. The first-order chi connectivity index (χ1) is 26.4. The Morgan fingerprint density at radius 2 is 1.43 bits per heavy atom. The van der Waals surface area contributed by atoms with Gasteiger partial charge in [-0.2, -0.15) is 0 Å². The van der Waals surface area contributed by atoms with Gasteiger partial charge in [0.15, 0.2) is 12.6 Å². The monoisotopic (exact) mass is 800 g/mol. The lowest BCUT2D eigenvalue weighted by molar-refractivity contribution is -0.324. The average Bonchev–Trinajstić information content (AvgIpc) is 3.44. The van der Waals surface area contributed by atoms with Gasteiger partial charge < -0.3 is 75.1 Å². The van der Waals surface area contributed by atoms with Gasteiger partial charge >= 0.3 is 0 Å². The van der Waals surface area contributed by atoms with Crippen LogP contribution in [0.4, 0.5) is 0 Å². The molecule has 322 valence electrons. The molecule has 20 atom stereocenters. The van der Waals surface area contributed by atoms with E-state index < -0.39 is 92.4 Å². The highest BCUT2D eigenvalue weighted by atomic mass is 16.7. The van der Waals surface area contributed by atoms with Gasteiger partial charge in [-0.3, -0.25) is 0 Å². The van der Waals surface area contributed by atoms with Gasteiger partial charge in [-0.1, -0.05) is 39.8 Å². The molecule has 56 heavy (non-hydrogen) atoms. The van der Waals surface area contributed by atoms with Gasteiger partial charge in [0.2, 0.25) is 0 Å². The minimum absolute atomic E-state index is 0.0647. The summed E-state index contributed by atoms with van der Waals surface area (Å²) in [6, 6.07) is 0. The number of aliphatic hydroxyl groups is 11. The van der Waals surface area contributed by atoms with E-state index >= 15 is 0 Å². The van der Waals surface area contributed by atoms with Crippen LogP contribution in [0.2, 0.25) is 0 Å². The molecule has 2 saturated heterocycles. The van der Waals surface area contributed by atoms with Gasteiger partial charge in [0.05, 0.1) is 37.1 Å². The molecular weight excluding hydrogens is 732 g/mol. The molecule has 0 radical (unpaired) electrons. The van der Waals surface area contributed by atoms with Crippen LogP contribution in [0, 0.1) is 40.4 Å². The minimum Gasteiger partial charge on any atom is -0.396 e. The molecule has 2 saturated carbocycles. The molecule has 2 heterocycles. The van der Waals surface area contributed by atoms with E-state index in [1.54, 1.807) is 6.92 Å². The molecule has 6 rings (SSSR count). The van der Waals surface area contributed by atoms with Crippen LogP contribution in [0.3, 0.4) is 0 Å². The summed E-state index contributed by atoms with van der Waals surface area (Å²) in [5.41, 5.74) is 0.582. The third-order valence-electron chi connectivity index (χ3n) is 15.3. The number of aliphatic hydroxyl groups excluding tert-OH is 10. The topological polar surface area (TPSA) is 259 Å². The van der Waals surface area contributed by atoms with Gasteiger partial charge in [-0.15, -0.1) is 0 Å². The summed E-state index contributed by atoms with van der Waals surface area (Å²) >= 11 is 0. The van der Waals surface area contributed by atoms with E-state index in [0.717, 1.165) is 12.8 Å². The van der Waals surface area contributed by atoms with Crippen LogP contribution in [-0.2, 0) is 18.9 Å². The Balaban J connectivity index is 1.13.